The van der Waals surface area contributed by atoms with Crippen LogP contribution in [0.4, 0.5) is 0 Å². The van der Waals surface area contributed by atoms with Crippen LogP contribution in [0.1, 0.15) is 67.1 Å². The highest BCUT2D eigenvalue weighted by Gasteiger charge is 2.58. The van der Waals surface area contributed by atoms with Gasteiger partial charge in [0.05, 0.1) is 11.6 Å². The van der Waals surface area contributed by atoms with Gasteiger partial charge in [0.25, 0.3) is 5.91 Å². The predicted octanol–water partition coefficient (Wildman–Crippen LogP) is 5.74. The van der Waals surface area contributed by atoms with Crippen molar-refractivity contribution < 1.29 is 9.59 Å². The van der Waals surface area contributed by atoms with Crippen molar-refractivity contribution in [2.75, 3.05) is 6.54 Å². The third-order valence-corrected chi connectivity index (χ3v) is 10.5. The second kappa shape index (κ2) is 11.4. The van der Waals surface area contributed by atoms with Crippen molar-refractivity contribution in [3.8, 4) is 6.07 Å². The van der Waals surface area contributed by atoms with E-state index in [-0.39, 0.29) is 11.7 Å². The van der Waals surface area contributed by atoms with Gasteiger partial charge >= 0.3 is 0 Å². The predicted molar refractivity (Wildman–Crippen MR) is 164 cm³/mol. The Kier molecular flexibility index (Phi) is 7.64. The molecule has 220 valence electrons. The normalized spacial score (nSPS) is 26.0. The molecule has 4 fully saturated rings. The summed E-state index contributed by atoms with van der Waals surface area (Å²) >= 11 is 0. The number of rotatable bonds is 9. The maximum absolute atomic E-state index is 14.8. The van der Waals surface area contributed by atoms with Gasteiger partial charge in [0.1, 0.15) is 11.4 Å². The molecule has 4 unspecified atom stereocenters. The number of nitriles is 1. The molecule has 0 radical (unpaired) electrons. The Balaban J connectivity index is 1.39. The van der Waals surface area contributed by atoms with Gasteiger partial charge in [-0.25, -0.2) is 0 Å². The van der Waals surface area contributed by atoms with Crippen LogP contribution in [0.3, 0.4) is 0 Å². The average molecular weight is 574 g/mol. The Morgan fingerprint density at radius 3 is 2.14 bits per heavy atom. The van der Waals surface area contributed by atoms with Gasteiger partial charge in [-0.2, -0.15) is 5.26 Å². The summed E-state index contributed by atoms with van der Waals surface area (Å²) in [6, 6.07) is 16.5. The van der Waals surface area contributed by atoms with Crippen molar-refractivity contribution in [2.45, 2.75) is 58.4 Å². The standard InChI is InChI=1S/C36H39N5O2/c1-4-30-28(17-29-18-31(30)35(29,2)3)23-41-33(19-32(42)27-7-5-26(22-37)6-8-27)40-36(34(41)43,20-24-9-13-38-14-10-24)21-25-11-15-39-16-12-25/h5-16,19,28-31,40H,4,17-18,20-21,23H2,1-3H3. The number of fused-ring (bicyclic) bond motifs is 2. The minimum Gasteiger partial charge on any atom is -0.357 e. The van der Waals surface area contributed by atoms with Crippen LogP contribution in [-0.4, -0.2) is 38.6 Å². The van der Waals surface area contributed by atoms with Crippen LogP contribution in [0.15, 0.2) is 85.2 Å². The number of amides is 1. The van der Waals surface area contributed by atoms with Gasteiger partial charge in [-0.3, -0.25) is 24.5 Å². The summed E-state index contributed by atoms with van der Waals surface area (Å²) in [6.45, 7) is 7.68. The molecule has 1 amide bonds. The summed E-state index contributed by atoms with van der Waals surface area (Å²) in [5.41, 5.74) is 2.35. The van der Waals surface area contributed by atoms with Gasteiger partial charge in [0.2, 0.25) is 0 Å². The van der Waals surface area contributed by atoms with Gasteiger partial charge < -0.3 is 5.32 Å². The van der Waals surface area contributed by atoms with E-state index in [0.717, 1.165) is 24.0 Å². The molecule has 7 nitrogen and oxygen atoms in total. The maximum atomic E-state index is 14.8. The lowest BCUT2D eigenvalue weighted by Crippen LogP contribution is -2.57. The van der Waals surface area contributed by atoms with Crippen molar-refractivity contribution in [3.05, 3.63) is 107 Å². The Morgan fingerprint density at radius 1 is 1.00 bits per heavy atom. The van der Waals surface area contributed by atoms with Crippen LogP contribution in [0.5, 0.6) is 0 Å². The zero-order chi connectivity index (χ0) is 30.2. The minimum absolute atomic E-state index is 0.00615. The Bertz CT molecular complexity index is 1520. The van der Waals surface area contributed by atoms with E-state index >= 15 is 0 Å². The number of allylic oxidation sites excluding steroid dienone is 1. The van der Waals surface area contributed by atoms with E-state index < -0.39 is 5.54 Å². The third-order valence-electron chi connectivity index (χ3n) is 10.5. The Morgan fingerprint density at radius 2 is 1.60 bits per heavy atom. The number of carbonyl (C=O) groups excluding carboxylic acids is 2. The molecule has 4 atom stereocenters. The molecule has 1 aliphatic heterocycles. The topological polar surface area (TPSA) is 99.0 Å². The third kappa shape index (κ3) is 5.35. The molecular weight excluding hydrogens is 534 g/mol. The number of aromatic nitrogens is 2. The van der Waals surface area contributed by atoms with E-state index in [9.17, 15) is 14.9 Å². The number of hydrogen-bond donors (Lipinski definition) is 1. The molecule has 7 rings (SSSR count). The van der Waals surface area contributed by atoms with E-state index in [1.165, 1.54) is 6.42 Å². The molecule has 3 heterocycles. The molecule has 2 aromatic heterocycles. The van der Waals surface area contributed by atoms with Gasteiger partial charge in [-0.15, -0.1) is 0 Å². The van der Waals surface area contributed by atoms with E-state index in [2.05, 4.69) is 42.1 Å². The number of hydrogen-bond acceptors (Lipinski definition) is 6. The lowest BCUT2D eigenvalue weighted by molar-refractivity contribution is -0.146. The minimum atomic E-state index is -0.974. The number of carbonyl (C=O) groups is 2. The molecule has 1 N–H and O–H groups in total. The second-order valence-electron chi connectivity index (χ2n) is 13.2. The molecule has 2 bridgehead atoms. The zero-order valence-electron chi connectivity index (χ0n) is 25.2. The molecule has 4 aliphatic rings. The summed E-state index contributed by atoms with van der Waals surface area (Å²) in [4.78, 5) is 38.6. The molecule has 1 aromatic carbocycles. The number of pyridine rings is 2. The smallest absolute Gasteiger partial charge is 0.254 e. The average Bonchev–Trinajstić information content (AvgIpc) is 3.26. The number of benzene rings is 1. The fraction of sp³-hybridized carbons (Fsp3) is 0.417. The Labute approximate surface area is 254 Å². The molecule has 3 aliphatic carbocycles. The number of ketones is 1. The summed E-state index contributed by atoms with van der Waals surface area (Å²) in [5, 5.41) is 12.8. The SMILES string of the molecule is CCC1C(CN2C(=O)C(Cc3ccncc3)(Cc3ccncc3)NC2=CC(=O)c2ccc(C#N)cc2)CC2CC1C2(C)C. The highest BCUT2D eigenvalue weighted by atomic mass is 16.2. The first-order chi connectivity index (χ1) is 20.7. The van der Waals surface area contributed by atoms with Crippen LogP contribution < -0.4 is 5.32 Å². The van der Waals surface area contributed by atoms with Crippen LogP contribution in [0.2, 0.25) is 0 Å². The van der Waals surface area contributed by atoms with Crippen molar-refractivity contribution in [1.29, 1.82) is 5.26 Å². The van der Waals surface area contributed by atoms with Crippen LogP contribution in [0, 0.1) is 40.4 Å². The van der Waals surface area contributed by atoms with Crippen molar-refractivity contribution in [3.63, 3.8) is 0 Å². The number of nitrogens with zero attached hydrogens (tertiary/aromatic N) is 4. The molecule has 3 aromatic rings. The van der Waals surface area contributed by atoms with Gasteiger partial charge in [-0.1, -0.05) is 27.2 Å². The van der Waals surface area contributed by atoms with E-state index in [0.29, 0.717) is 65.4 Å². The van der Waals surface area contributed by atoms with Crippen LogP contribution >= 0.6 is 0 Å². The lowest BCUT2D eigenvalue weighted by atomic mass is 9.43. The van der Waals surface area contributed by atoms with E-state index in [1.807, 2.05) is 29.2 Å². The highest BCUT2D eigenvalue weighted by Crippen LogP contribution is 2.64. The van der Waals surface area contributed by atoms with Crippen molar-refractivity contribution >= 4 is 11.7 Å². The summed E-state index contributed by atoms with van der Waals surface area (Å²) in [5.74, 6) is 2.59. The fourth-order valence-electron chi connectivity index (χ4n) is 8.06. The summed E-state index contributed by atoms with van der Waals surface area (Å²) < 4.78 is 0. The molecule has 1 saturated heterocycles. The summed E-state index contributed by atoms with van der Waals surface area (Å²) in [7, 11) is 0. The maximum Gasteiger partial charge on any atom is 0.254 e. The second-order valence-corrected chi connectivity index (χ2v) is 13.2. The first-order valence-corrected chi connectivity index (χ1v) is 15.4. The van der Waals surface area contributed by atoms with Crippen molar-refractivity contribution in [2.24, 2.45) is 29.1 Å². The Hall–Kier alpha value is -4.31. The molecule has 3 saturated carbocycles. The first-order valence-electron chi connectivity index (χ1n) is 15.4. The van der Waals surface area contributed by atoms with E-state index in [4.69, 9.17) is 0 Å². The van der Waals surface area contributed by atoms with Crippen LogP contribution in [-0.2, 0) is 17.6 Å². The quantitative estimate of drug-likeness (QED) is 0.259. The van der Waals surface area contributed by atoms with E-state index in [1.54, 1.807) is 55.1 Å². The van der Waals surface area contributed by atoms with Gasteiger partial charge in [0.15, 0.2) is 5.78 Å². The monoisotopic (exact) mass is 573 g/mol. The van der Waals surface area contributed by atoms with Gasteiger partial charge in [-0.05, 0) is 102 Å². The largest absolute Gasteiger partial charge is 0.357 e. The first kappa shape index (κ1) is 28.8. The fourth-order valence-corrected chi connectivity index (χ4v) is 8.06. The molecule has 43 heavy (non-hydrogen) atoms. The highest BCUT2D eigenvalue weighted by molar-refractivity contribution is 6.06. The van der Waals surface area contributed by atoms with Crippen LogP contribution in [0.25, 0.3) is 0 Å². The molecule has 7 heteroatoms. The van der Waals surface area contributed by atoms with Crippen molar-refractivity contribution in [1.82, 2.24) is 20.2 Å². The summed E-state index contributed by atoms with van der Waals surface area (Å²) in [6.07, 6.45) is 13.0. The zero-order valence-corrected chi connectivity index (χ0v) is 25.2. The lowest BCUT2D eigenvalue weighted by Gasteiger charge is -2.63. The molecular formula is C36H39N5O2. The number of nitrogens with one attached hydrogen (secondary N) is 1. The molecule has 0 spiro atoms. The van der Waals surface area contributed by atoms with Gasteiger partial charge in [0, 0.05) is 55.8 Å².